The van der Waals surface area contributed by atoms with Crippen molar-refractivity contribution in [3.8, 4) is 0 Å². The van der Waals surface area contributed by atoms with Crippen molar-refractivity contribution >= 4 is 46.6 Å². The second kappa shape index (κ2) is 11.3. The van der Waals surface area contributed by atoms with Crippen LogP contribution >= 0.6 is 23.4 Å². The molecule has 4 rings (SSSR count). The van der Waals surface area contributed by atoms with Crippen molar-refractivity contribution in [2.45, 2.75) is 24.0 Å². The molecule has 0 radical (unpaired) electrons. The number of anilines is 2. The van der Waals surface area contributed by atoms with Crippen molar-refractivity contribution < 1.29 is 9.59 Å². The maximum atomic E-state index is 13.3. The highest BCUT2D eigenvalue weighted by Gasteiger charge is 2.22. The van der Waals surface area contributed by atoms with Crippen LogP contribution in [0.4, 0.5) is 11.4 Å². The summed E-state index contributed by atoms with van der Waals surface area (Å²) in [6.45, 7) is 4.08. The largest absolute Gasteiger partial charge is 0.325 e. The first kappa shape index (κ1) is 24.6. The SMILES string of the molecule is Cc1ccc(NC(=O)C(Sc2ccc(NC(=O)c3cccc(Cl)c3)cc2)c2ccccc2)cc1C. The number of hydrogen-bond acceptors (Lipinski definition) is 3. The maximum Gasteiger partial charge on any atom is 0.255 e. The summed E-state index contributed by atoms with van der Waals surface area (Å²) in [5.41, 5.74) is 5.15. The molecule has 4 nitrogen and oxygen atoms in total. The molecule has 176 valence electrons. The fourth-order valence-electron chi connectivity index (χ4n) is 3.51. The van der Waals surface area contributed by atoms with E-state index in [9.17, 15) is 9.59 Å². The van der Waals surface area contributed by atoms with Gasteiger partial charge in [0, 0.05) is 26.9 Å². The number of amides is 2. The zero-order valence-corrected chi connectivity index (χ0v) is 21.0. The van der Waals surface area contributed by atoms with Gasteiger partial charge in [0.15, 0.2) is 0 Å². The van der Waals surface area contributed by atoms with Crippen LogP contribution in [-0.4, -0.2) is 11.8 Å². The van der Waals surface area contributed by atoms with Crippen LogP contribution in [0.25, 0.3) is 0 Å². The summed E-state index contributed by atoms with van der Waals surface area (Å²) in [7, 11) is 0. The minimum Gasteiger partial charge on any atom is -0.325 e. The molecule has 1 atom stereocenters. The van der Waals surface area contributed by atoms with Crippen molar-refractivity contribution in [3.63, 3.8) is 0 Å². The van der Waals surface area contributed by atoms with Crippen molar-refractivity contribution in [2.75, 3.05) is 10.6 Å². The first-order valence-corrected chi connectivity index (χ1v) is 12.4. The zero-order chi connectivity index (χ0) is 24.8. The molecule has 0 aromatic heterocycles. The van der Waals surface area contributed by atoms with Gasteiger partial charge in [-0.3, -0.25) is 9.59 Å². The lowest BCUT2D eigenvalue weighted by atomic mass is 10.1. The van der Waals surface area contributed by atoms with Gasteiger partial charge in [0.25, 0.3) is 5.91 Å². The highest BCUT2D eigenvalue weighted by atomic mass is 35.5. The molecule has 4 aromatic rings. The molecule has 2 N–H and O–H groups in total. The number of nitrogens with one attached hydrogen (secondary N) is 2. The molecular weight excluding hydrogens is 476 g/mol. The summed E-state index contributed by atoms with van der Waals surface area (Å²) >= 11 is 7.45. The smallest absolute Gasteiger partial charge is 0.255 e. The third-order valence-electron chi connectivity index (χ3n) is 5.57. The Balaban J connectivity index is 1.49. The van der Waals surface area contributed by atoms with Gasteiger partial charge in [-0.2, -0.15) is 0 Å². The highest BCUT2D eigenvalue weighted by Crippen LogP contribution is 2.37. The lowest BCUT2D eigenvalue weighted by molar-refractivity contribution is -0.115. The summed E-state index contributed by atoms with van der Waals surface area (Å²) in [5, 5.41) is 6.01. The van der Waals surface area contributed by atoms with Crippen LogP contribution in [0.1, 0.15) is 32.3 Å². The van der Waals surface area contributed by atoms with E-state index in [1.807, 2.05) is 86.6 Å². The predicted molar refractivity (Wildman–Crippen MR) is 145 cm³/mol. The monoisotopic (exact) mass is 500 g/mol. The van der Waals surface area contributed by atoms with E-state index in [0.29, 0.717) is 16.3 Å². The second-order valence-electron chi connectivity index (χ2n) is 8.19. The molecule has 35 heavy (non-hydrogen) atoms. The molecule has 1 unspecified atom stereocenters. The Kier molecular flexibility index (Phi) is 7.91. The Labute approximate surface area is 214 Å². The van der Waals surface area contributed by atoms with Gasteiger partial charge < -0.3 is 10.6 Å². The number of aryl methyl sites for hydroxylation is 2. The van der Waals surface area contributed by atoms with Crippen molar-refractivity contribution in [2.24, 2.45) is 0 Å². The summed E-state index contributed by atoms with van der Waals surface area (Å²) in [6, 6.07) is 29.9. The number of rotatable bonds is 7. The number of thioether (sulfide) groups is 1. The topological polar surface area (TPSA) is 58.2 Å². The average Bonchev–Trinajstić information content (AvgIpc) is 2.86. The summed E-state index contributed by atoms with van der Waals surface area (Å²) < 4.78 is 0. The third kappa shape index (κ3) is 6.53. The molecule has 0 heterocycles. The normalized spacial score (nSPS) is 11.5. The zero-order valence-electron chi connectivity index (χ0n) is 19.4. The quantitative estimate of drug-likeness (QED) is 0.256. The predicted octanol–water partition coefficient (Wildman–Crippen LogP) is 7.68. The van der Waals surface area contributed by atoms with Gasteiger partial charge in [-0.05, 0) is 85.1 Å². The van der Waals surface area contributed by atoms with Crippen LogP contribution in [0.15, 0.2) is 102 Å². The fourth-order valence-corrected chi connectivity index (χ4v) is 4.73. The standard InChI is InChI=1S/C29H25ClN2O2S/c1-19-11-12-25(17-20(19)2)32-29(34)27(21-7-4-3-5-8-21)35-26-15-13-24(14-16-26)31-28(33)22-9-6-10-23(30)18-22/h3-18,27H,1-2H3,(H,31,33)(H,32,34). The summed E-state index contributed by atoms with van der Waals surface area (Å²) in [5.74, 6) is -0.328. The van der Waals surface area contributed by atoms with Crippen molar-refractivity contribution in [1.29, 1.82) is 0 Å². The molecule has 0 aliphatic heterocycles. The highest BCUT2D eigenvalue weighted by molar-refractivity contribution is 8.00. The second-order valence-corrected chi connectivity index (χ2v) is 9.80. The Morgan fingerprint density at radius 3 is 2.14 bits per heavy atom. The third-order valence-corrected chi connectivity index (χ3v) is 7.07. The van der Waals surface area contributed by atoms with Gasteiger partial charge in [0.1, 0.15) is 5.25 Å². The Bertz CT molecular complexity index is 1340. The minimum absolute atomic E-state index is 0.0946. The molecule has 0 saturated carbocycles. The first-order valence-electron chi connectivity index (χ1n) is 11.2. The van der Waals surface area contributed by atoms with Crippen LogP contribution in [0, 0.1) is 13.8 Å². The van der Waals surface area contributed by atoms with Gasteiger partial charge >= 0.3 is 0 Å². The first-order chi connectivity index (χ1) is 16.9. The molecule has 0 fully saturated rings. The van der Waals surface area contributed by atoms with Crippen LogP contribution in [0.3, 0.4) is 0 Å². The molecule has 0 saturated heterocycles. The van der Waals surface area contributed by atoms with E-state index in [1.54, 1.807) is 24.3 Å². The number of hydrogen-bond donors (Lipinski definition) is 2. The van der Waals surface area contributed by atoms with E-state index in [-0.39, 0.29) is 11.8 Å². The van der Waals surface area contributed by atoms with Gasteiger partial charge in [0.2, 0.25) is 5.91 Å². The number of halogens is 1. The number of benzene rings is 4. The van der Waals surface area contributed by atoms with Crippen LogP contribution in [0.5, 0.6) is 0 Å². The van der Waals surface area contributed by atoms with Crippen LogP contribution in [-0.2, 0) is 4.79 Å². The summed E-state index contributed by atoms with van der Waals surface area (Å²) in [4.78, 5) is 26.7. The molecule has 6 heteroatoms. The summed E-state index contributed by atoms with van der Waals surface area (Å²) in [6.07, 6.45) is 0. The maximum absolute atomic E-state index is 13.3. The van der Waals surface area contributed by atoms with Crippen molar-refractivity contribution in [1.82, 2.24) is 0 Å². The van der Waals surface area contributed by atoms with Gasteiger partial charge in [-0.15, -0.1) is 11.8 Å². The lowest BCUT2D eigenvalue weighted by Crippen LogP contribution is -2.19. The van der Waals surface area contributed by atoms with Gasteiger partial charge in [-0.25, -0.2) is 0 Å². The molecule has 0 spiro atoms. The molecule has 0 bridgehead atoms. The molecule has 0 aliphatic carbocycles. The molecular formula is C29H25ClN2O2S. The van der Waals surface area contributed by atoms with E-state index in [0.717, 1.165) is 21.7 Å². The Morgan fingerprint density at radius 2 is 1.46 bits per heavy atom. The van der Waals surface area contributed by atoms with Crippen LogP contribution in [0.2, 0.25) is 5.02 Å². The molecule has 2 amide bonds. The minimum atomic E-state index is -0.440. The Morgan fingerprint density at radius 1 is 0.743 bits per heavy atom. The van der Waals surface area contributed by atoms with Crippen LogP contribution < -0.4 is 10.6 Å². The van der Waals surface area contributed by atoms with Crippen molar-refractivity contribution in [3.05, 3.63) is 124 Å². The number of carbonyl (C=O) groups excluding carboxylic acids is 2. The number of carbonyl (C=O) groups is 2. The van der Waals surface area contributed by atoms with E-state index >= 15 is 0 Å². The van der Waals surface area contributed by atoms with E-state index in [1.165, 1.54) is 17.3 Å². The average molecular weight is 501 g/mol. The fraction of sp³-hybridized carbons (Fsp3) is 0.103. The molecule has 4 aromatic carbocycles. The lowest BCUT2D eigenvalue weighted by Gasteiger charge is -2.18. The van der Waals surface area contributed by atoms with Gasteiger partial charge in [0.05, 0.1) is 0 Å². The van der Waals surface area contributed by atoms with E-state index < -0.39 is 5.25 Å². The Hall–Kier alpha value is -3.54. The van der Waals surface area contributed by atoms with E-state index in [2.05, 4.69) is 10.6 Å². The molecule has 0 aliphatic rings. The van der Waals surface area contributed by atoms with Gasteiger partial charge in [-0.1, -0.05) is 54.1 Å². The van der Waals surface area contributed by atoms with E-state index in [4.69, 9.17) is 11.6 Å².